The summed E-state index contributed by atoms with van der Waals surface area (Å²) in [6.45, 7) is 5.34. The van der Waals surface area contributed by atoms with E-state index < -0.39 is 0 Å². The molecule has 2 aliphatic rings. The number of anilines is 4. The summed E-state index contributed by atoms with van der Waals surface area (Å²) in [4.78, 5) is 14.9. The van der Waals surface area contributed by atoms with Gasteiger partial charge in [-0.15, -0.1) is 48.1 Å². The average molecular weight is 1140 g/mol. The Morgan fingerprint density at radius 3 is 1.91 bits per heavy atom. The molecule has 360 valence electrons. The fraction of sp³-hybridized carbons (Fsp3) is 0.0758. The molecule has 0 bridgehead atoms. The van der Waals surface area contributed by atoms with Crippen molar-refractivity contribution in [3.63, 3.8) is 0 Å². The van der Waals surface area contributed by atoms with Gasteiger partial charge in [0, 0.05) is 91.0 Å². The second kappa shape index (κ2) is 18.8. The number of fused-ring (bicyclic) bond motifs is 7. The Kier molecular flexibility index (Phi) is 11.5. The van der Waals surface area contributed by atoms with Crippen molar-refractivity contribution in [3.8, 4) is 61.8 Å². The number of hydrogen-bond donors (Lipinski definition) is 0. The number of benzene rings is 9. The summed E-state index contributed by atoms with van der Waals surface area (Å²) in [6.07, 6.45) is 5.28. The summed E-state index contributed by atoms with van der Waals surface area (Å²) in [5.74, 6) is 3.14. The van der Waals surface area contributed by atoms with E-state index in [0.717, 1.165) is 132 Å². The number of para-hydroxylation sites is 2. The summed E-state index contributed by atoms with van der Waals surface area (Å²) in [6, 6.07) is 80.1. The third-order valence-corrected chi connectivity index (χ3v) is 14.6. The summed E-state index contributed by atoms with van der Waals surface area (Å²) in [5.41, 5.74) is 18.5. The molecule has 12 aromatic rings. The van der Waals surface area contributed by atoms with E-state index in [-0.39, 0.29) is 21.1 Å². The minimum absolute atomic E-state index is 0. The van der Waals surface area contributed by atoms with Crippen LogP contribution in [0.4, 0.5) is 22.7 Å². The molecule has 5 heterocycles. The molecule has 0 radical (unpaired) electrons. The summed E-state index contributed by atoms with van der Waals surface area (Å²) in [7, 11) is 0. The van der Waals surface area contributed by atoms with Crippen LogP contribution in [0.3, 0.4) is 0 Å². The molecule has 2 aliphatic heterocycles. The van der Waals surface area contributed by atoms with Gasteiger partial charge in [0.1, 0.15) is 11.6 Å². The number of imidazole rings is 1. The summed E-state index contributed by atoms with van der Waals surface area (Å²) in [5, 5.41) is 2.20. The van der Waals surface area contributed by atoms with Gasteiger partial charge in [0.15, 0.2) is 0 Å². The van der Waals surface area contributed by atoms with Crippen LogP contribution in [0.1, 0.15) is 24.2 Å². The van der Waals surface area contributed by atoms with Gasteiger partial charge in [-0.1, -0.05) is 157 Å². The molecular formula is C66H47N6OPt-3. The van der Waals surface area contributed by atoms with Gasteiger partial charge < -0.3 is 23.7 Å². The second-order valence-corrected chi connectivity index (χ2v) is 19.0. The third kappa shape index (κ3) is 7.87. The maximum Gasteiger partial charge on any atom is 0.135 e. The van der Waals surface area contributed by atoms with Crippen LogP contribution in [0.5, 0.6) is 11.5 Å². The molecule has 0 aliphatic carbocycles. The third-order valence-electron chi connectivity index (χ3n) is 14.6. The van der Waals surface area contributed by atoms with Crippen molar-refractivity contribution in [2.24, 2.45) is 0 Å². The molecule has 3 aromatic heterocycles. The largest absolute Gasteiger partial charge is 0.509 e. The van der Waals surface area contributed by atoms with Crippen molar-refractivity contribution in [1.29, 1.82) is 0 Å². The van der Waals surface area contributed by atoms with Crippen molar-refractivity contribution < 1.29 is 25.8 Å². The van der Waals surface area contributed by atoms with E-state index in [0.29, 0.717) is 11.5 Å². The first-order valence-electron chi connectivity index (χ1n) is 25.1. The van der Waals surface area contributed by atoms with E-state index in [4.69, 9.17) is 14.7 Å². The van der Waals surface area contributed by atoms with Crippen LogP contribution in [0.15, 0.2) is 212 Å². The summed E-state index contributed by atoms with van der Waals surface area (Å²) >= 11 is 0. The minimum Gasteiger partial charge on any atom is -0.509 e. The zero-order chi connectivity index (χ0) is 48.4. The van der Waals surface area contributed by atoms with Crippen molar-refractivity contribution in [2.45, 2.75) is 32.7 Å². The number of rotatable bonds is 9. The topological polar surface area (TPSA) is 51.4 Å². The van der Waals surface area contributed by atoms with Crippen molar-refractivity contribution in [1.82, 2.24) is 19.1 Å². The van der Waals surface area contributed by atoms with Gasteiger partial charge in [-0.25, -0.2) is 9.97 Å². The van der Waals surface area contributed by atoms with Crippen molar-refractivity contribution in [2.75, 3.05) is 9.80 Å². The number of aryl methyl sites for hydroxylation is 3. The fourth-order valence-corrected chi connectivity index (χ4v) is 11.1. The molecule has 8 heteroatoms. The molecule has 14 rings (SSSR count). The molecule has 0 amide bonds. The average Bonchev–Trinajstić information content (AvgIpc) is 4.12. The van der Waals surface area contributed by atoms with E-state index in [1.807, 2.05) is 30.5 Å². The first-order valence-corrected chi connectivity index (χ1v) is 25.1. The number of aromatic nitrogens is 4. The predicted molar refractivity (Wildman–Crippen MR) is 297 cm³/mol. The van der Waals surface area contributed by atoms with Crippen LogP contribution in [0.2, 0.25) is 0 Å². The Bertz CT molecular complexity index is 4000. The first kappa shape index (κ1) is 45.4. The fourth-order valence-electron chi connectivity index (χ4n) is 11.1. The van der Waals surface area contributed by atoms with Gasteiger partial charge in [-0.05, 0) is 82.8 Å². The quantitative estimate of drug-likeness (QED) is 0.135. The number of hydrogen-bond acceptors (Lipinski definition) is 5. The number of pyridine rings is 1. The van der Waals surface area contributed by atoms with Crippen LogP contribution in [0.25, 0.3) is 83.2 Å². The van der Waals surface area contributed by atoms with Gasteiger partial charge in [0.25, 0.3) is 0 Å². The molecule has 0 N–H and O–H groups in total. The summed E-state index contributed by atoms with van der Waals surface area (Å²) < 4.78 is 11.4. The van der Waals surface area contributed by atoms with Crippen molar-refractivity contribution >= 4 is 55.6 Å². The van der Waals surface area contributed by atoms with Gasteiger partial charge in [0.05, 0.1) is 11.0 Å². The van der Waals surface area contributed by atoms with Crippen LogP contribution in [-0.4, -0.2) is 19.1 Å². The number of ether oxygens (including phenoxy) is 1. The zero-order valence-corrected chi connectivity index (χ0v) is 42.8. The molecular weight excluding hydrogens is 1090 g/mol. The van der Waals surface area contributed by atoms with Gasteiger partial charge in [-0.3, -0.25) is 0 Å². The molecule has 0 atom stereocenters. The zero-order valence-electron chi connectivity index (χ0n) is 40.5. The Morgan fingerprint density at radius 2 is 1.16 bits per heavy atom. The first-order chi connectivity index (χ1) is 36.1. The second-order valence-electron chi connectivity index (χ2n) is 19.0. The van der Waals surface area contributed by atoms with E-state index in [9.17, 15) is 0 Å². The van der Waals surface area contributed by atoms with Crippen LogP contribution in [0, 0.1) is 25.7 Å². The van der Waals surface area contributed by atoms with Crippen molar-refractivity contribution in [3.05, 3.63) is 243 Å². The standard InChI is InChI=1S/C66H47N6O.Pt/c1-44-37-65(67-42-57(44)49-32-30-46(31-33-49)45-17-5-2-6-18-45)72-59-28-12-11-25-55(59)56-35-34-52(39-60(56)72)73-51-24-15-23-50(38-51)70-43-71(63-41-61-58(40-62(63)70)68-64-29-13-14-36-69(61)64)66-53(47-19-7-3-8-20-47)26-16-27-54(66)48-21-9-4-10-22-48;/h2-12,15-28,30-35,37,40-43H,13-14,29,36H2,1H3;/q-3;. The SMILES string of the molecule is Cc1cc(-n2c3[c-]c(Oc4[c-]c(N5[CH-]N(c6c(-c7ccccc7)cccc6-c6ccccc6)c6cc7c(cc65)nc5n7CCCC5)ccc4)ccc3c3ccccc32)ncc1-c1ccc(-c2ccccc2)cc1.[Pt]. The Labute approximate surface area is 444 Å². The predicted octanol–water partition coefficient (Wildman–Crippen LogP) is 16.6. The normalized spacial score (nSPS) is 13.0. The Morgan fingerprint density at radius 1 is 0.527 bits per heavy atom. The van der Waals surface area contributed by atoms with Crippen LogP contribution >= 0.6 is 0 Å². The molecule has 7 nitrogen and oxygen atoms in total. The van der Waals surface area contributed by atoms with E-state index in [2.05, 4.69) is 227 Å². The van der Waals surface area contributed by atoms with E-state index in [1.54, 1.807) is 0 Å². The van der Waals surface area contributed by atoms with Gasteiger partial charge in [-0.2, -0.15) is 12.1 Å². The minimum atomic E-state index is 0. The molecule has 0 spiro atoms. The molecule has 74 heavy (non-hydrogen) atoms. The smallest absolute Gasteiger partial charge is 0.135 e. The van der Waals surface area contributed by atoms with Gasteiger partial charge in [0.2, 0.25) is 0 Å². The molecule has 0 saturated heterocycles. The van der Waals surface area contributed by atoms with Crippen LogP contribution < -0.4 is 14.5 Å². The van der Waals surface area contributed by atoms with Crippen LogP contribution in [-0.2, 0) is 34.0 Å². The molecule has 0 unspecified atom stereocenters. The Balaban J connectivity index is 0.00000528. The maximum absolute atomic E-state index is 6.78. The Hall–Kier alpha value is -8.51. The maximum atomic E-state index is 6.78. The number of nitrogens with zero attached hydrogens (tertiary/aromatic N) is 6. The molecule has 0 fully saturated rings. The molecule has 0 saturated carbocycles. The monoisotopic (exact) mass is 1130 g/mol. The van der Waals surface area contributed by atoms with E-state index >= 15 is 0 Å². The van der Waals surface area contributed by atoms with Gasteiger partial charge >= 0.3 is 0 Å². The van der Waals surface area contributed by atoms with E-state index in [1.165, 1.54) is 11.1 Å². The molecule has 9 aromatic carbocycles.